The van der Waals surface area contributed by atoms with Crippen LogP contribution in [-0.2, 0) is 16.4 Å². The summed E-state index contributed by atoms with van der Waals surface area (Å²) < 4.78 is 32.4. The molecule has 3 aromatic rings. The van der Waals surface area contributed by atoms with Gasteiger partial charge < -0.3 is 4.42 Å². The minimum Gasteiger partial charge on any atom is -0.423 e. The van der Waals surface area contributed by atoms with Crippen LogP contribution in [0.4, 0.5) is 0 Å². The van der Waals surface area contributed by atoms with Gasteiger partial charge in [0, 0.05) is 18.0 Å². The average Bonchev–Trinajstić information content (AvgIpc) is 2.61. The summed E-state index contributed by atoms with van der Waals surface area (Å²) in [7, 11) is -3.58. The molecule has 0 bridgehead atoms. The molecular weight excluding hydrogens is 338 g/mol. The van der Waals surface area contributed by atoms with Crippen molar-refractivity contribution < 1.29 is 12.8 Å². The summed E-state index contributed by atoms with van der Waals surface area (Å²) >= 11 is 0. The van der Waals surface area contributed by atoms with Crippen molar-refractivity contribution >= 4 is 21.0 Å². The lowest BCUT2D eigenvalue weighted by Gasteiger charge is -2.07. The van der Waals surface area contributed by atoms with Crippen molar-refractivity contribution in [2.24, 2.45) is 0 Å². The Morgan fingerprint density at radius 3 is 2.52 bits per heavy atom. The molecule has 0 radical (unpaired) electrons. The maximum Gasteiger partial charge on any atom is 0.336 e. The number of rotatable bonds is 7. The smallest absolute Gasteiger partial charge is 0.336 e. The molecule has 0 amide bonds. The van der Waals surface area contributed by atoms with Crippen LogP contribution in [0, 0.1) is 0 Å². The molecule has 0 aliphatic rings. The third-order valence-corrected chi connectivity index (χ3v) is 5.39. The molecule has 0 fully saturated rings. The molecule has 5 nitrogen and oxygen atoms in total. The monoisotopic (exact) mass is 357 g/mol. The first-order valence-corrected chi connectivity index (χ1v) is 9.60. The van der Waals surface area contributed by atoms with Crippen molar-refractivity contribution in [1.82, 2.24) is 4.72 Å². The fraction of sp³-hybridized carbons (Fsp3) is 0.211. The second-order valence-electron chi connectivity index (χ2n) is 5.79. The Morgan fingerprint density at radius 1 is 0.920 bits per heavy atom. The second-order valence-corrected chi connectivity index (χ2v) is 7.56. The Hall–Kier alpha value is -2.44. The van der Waals surface area contributed by atoms with E-state index in [0.717, 1.165) is 19.3 Å². The van der Waals surface area contributed by atoms with Crippen molar-refractivity contribution in [3.05, 3.63) is 76.6 Å². The maximum atomic E-state index is 12.4. The summed E-state index contributed by atoms with van der Waals surface area (Å²) in [4.78, 5) is 11.3. The van der Waals surface area contributed by atoms with Gasteiger partial charge in [0.05, 0.1) is 4.90 Å². The molecule has 0 unspecified atom stereocenters. The van der Waals surface area contributed by atoms with Gasteiger partial charge in [0.25, 0.3) is 0 Å². The third kappa shape index (κ3) is 4.55. The van der Waals surface area contributed by atoms with Crippen LogP contribution < -0.4 is 10.3 Å². The predicted octanol–water partition coefficient (Wildman–Crippen LogP) is 3.09. The van der Waals surface area contributed by atoms with Gasteiger partial charge in [-0.05, 0) is 49.1 Å². The SMILES string of the molecule is O=c1ccc2cc(S(=O)(=O)NCCCCc3ccccc3)ccc2o1. The van der Waals surface area contributed by atoms with E-state index in [4.69, 9.17) is 4.42 Å². The number of nitrogens with one attached hydrogen (secondary N) is 1. The zero-order valence-corrected chi connectivity index (χ0v) is 14.5. The number of aryl methyl sites for hydroxylation is 1. The molecule has 1 heterocycles. The number of sulfonamides is 1. The second kappa shape index (κ2) is 7.63. The minimum atomic E-state index is -3.58. The number of hydrogen-bond donors (Lipinski definition) is 1. The fourth-order valence-corrected chi connectivity index (χ4v) is 3.71. The van der Waals surface area contributed by atoms with Crippen LogP contribution in [0.5, 0.6) is 0 Å². The van der Waals surface area contributed by atoms with E-state index in [1.54, 1.807) is 6.07 Å². The number of fused-ring (bicyclic) bond motifs is 1. The third-order valence-electron chi connectivity index (χ3n) is 3.93. The minimum absolute atomic E-state index is 0.164. The standard InChI is InChI=1S/C19H19NO4S/c21-19-12-9-16-14-17(10-11-18(16)24-19)25(22,23)20-13-5-4-8-15-6-2-1-3-7-15/h1-3,6-7,9-12,14,20H,4-5,8,13H2. The zero-order valence-electron chi connectivity index (χ0n) is 13.6. The summed E-state index contributed by atoms with van der Waals surface area (Å²) in [6.45, 7) is 0.386. The lowest BCUT2D eigenvalue weighted by Crippen LogP contribution is -2.24. The van der Waals surface area contributed by atoms with Crippen LogP contribution in [0.2, 0.25) is 0 Å². The van der Waals surface area contributed by atoms with Crippen molar-refractivity contribution in [1.29, 1.82) is 0 Å². The van der Waals surface area contributed by atoms with Gasteiger partial charge in [-0.3, -0.25) is 0 Å². The molecule has 0 saturated carbocycles. The van der Waals surface area contributed by atoms with Crippen LogP contribution in [-0.4, -0.2) is 15.0 Å². The summed E-state index contributed by atoms with van der Waals surface area (Å²) in [6, 6.07) is 17.4. The van der Waals surface area contributed by atoms with Gasteiger partial charge in [0.2, 0.25) is 10.0 Å². The molecule has 0 aliphatic heterocycles. The van der Waals surface area contributed by atoms with Crippen LogP contribution in [0.3, 0.4) is 0 Å². The Bertz CT molecular complexity index is 1010. The molecule has 1 N–H and O–H groups in total. The largest absolute Gasteiger partial charge is 0.423 e. The topological polar surface area (TPSA) is 76.4 Å². The lowest BCUT2D eigenvalue weighted by atomic mass is 10.1. The average molecular weight is 357 g/mol. The van der Waals surface area contributed by atoms with Crippen molar-refractivity contribution in [2.75, 3.05) is 6.54 Å². The highest BCUT2D eigenvalue weighted by Crippen LogP contribution is 2.17. The molecule has 0 spiro atoms. The van der Waals surface area contributed by atoms with E-state index in [0.29, 0.717) is 17.5 Å². The Kier molecular flexibility index (Phi) is 5.31. The summed E-state index contributed by atoms with van der Waals surface area (Å²) in [6.07, 6.45) is 2.60. The summed E-state index contributed by atoms with van der Waals surface area (Å²) in [5.41, 5.74) is 1.16. The molecule has 6 heteroatoms. The number of benzene rings is 2. The Labute approximate surface area is 146 Å². The van der Waals surface area contributed by atoms with Crippen molar-refractivity contribution in [3.8, 4) is 0 Å². The van der Waals surface area contributed by atoms with E-state index in [9.17, 15) is 13.2 Å². The molecule has 0 aliphatic carbocycles. The molecule has 3 rings (SSSR count). The quantitative estimate of drug-likeness (QED) is 0.521. The first kappa shape index (κ1) is 17.4. The van der Waals surface area contributed by atoms with Crippen LogP contribution in [0.15, 0.2) is 74.8 Å². The number of unbranched alkanes of at least 4 members (excludes halogenated alkanes) is 1. The van der Waals surface area contributed by atoms with E-state index in [1.807, 2.05) is 18.2 Å². The Balaban J connectivity index is 1.58. The Morgan fingerprint density at radius 2 is 1.72 bits per heavy atom. The number of hydrogen-bond acceptors (Lipinski definition) is 4. The molecule has 0 atom stereocenters. The van der Waals surface area contributed by atoms with E-state index in [1.165, 1.54) is 29.8 Å². The van der Waals surface area contributed by atoms with E-state index in [2.05, 4.69) is 16.9 Å². The summed E-state index contributed by atoms with van der Waals surface area (Å²) in [5.74, 6) is 0. The van der Waals surface area contributed by atoms with Gasteiger partial charge in [-0.25, -0.2) is 17.9 Å². The molecule has 1 aromatic heterocycles. The highest BCUT2D eigenvalue weighted by Gasteiger charge is 2.14. The van der Waals surface area contributed by atoms with E-state index in [-0.39, 0.29) is 4.90 Å². The van der Waals surface area contributed by atoms with Crippen molar-refractivity contribution in [3.63, 3.8) is 0 Å². The zero-order chi connectivity index (χ0) is 17.7. The van der Waals surface area contributed by atoms with Gasteiger partial charge >= 0.3 is 5.63 Å². The van der Waals surface area contributed by atoms with Gasteiger partial charge in [0.15, 0.2) is 0 Å². The van der Waals surface area contributed by atoms with Gasteiger partial charge in [0.1, 0.15) is 5.58 Å². The van der Waals surface area contributed by atoms with Gasteiger partial charge in [-0.2, -0.15) is 0 Å². The molecular formula is C19H19NO4S. The molecule has 25 heavy (non-hydrogen) atoms. The van der Waals surface area contributed by atoms with Crippen molar-refractivity contribution in [2.45, 2.75) is 24.2 Å². The normalized spacial score (nSPS) is 11.7. The highest BCUT2D eigenvalue weighted by molar-refractivity contribution is 7.89. The van der Waals surface area contributed by atoms with Crippen LogP contribution in [0.1, 0.15) is 18.4 Å². The van der Waals surface area contributed by atoms with Gasteiger partial charge in [-0.1, -0.05) is 30.3 Å². The lowest BCUT2D eigenvalue weighted by molar-refractivity contribution is 0.560. The summed E-state index contributed by atoms with van der Waals surface area (Å²) in [5, 5.41) is 0.576. The van der Waals surface area contributed by atoms with Crippen LogP contribution in [0.25, 0.3) is 11.0 Å². The fourth-order valence-electron chi connectivity index (χ4n) is 2.61. The predicted molar refractivity (Wildman–Crippen MR) is 97.1 cm³/mol. The van der Waals surface area contributed by atoms with E-state index >= 15 is 0 Å². The molecule has 2 aromatic carbocycles. The molecule has 0 saturated heterocycles. The van der Waals surface area contributed by atoms with Crippen LogP contribution >= 0.6 is 0 Å². The van der Waals surface area contributed by atoms with Gasteiger partial charge in [-0.15, -0.1) is 0 Å². The first-order chi connectivity index (χ1) is 12.0. The molecule has 130 valence electrons. The van der Waals surface area contributed by atoms with E-state index < -0.39 is 15.6 Å². The first-order valence-electron chi connectivity index (χ1n) is 8.12. The highest BCUT2D eigenvalue weighted by atomic mass is 32.2. The maximum absolute atomic E-state index is 12.4.